The molecular weight excluding hydrogens is 198 g/mol. The zero-order chi connectivity index (χ0) is 11.3. The number of rotatable bonds is 5. The van der Waals surface area contributed by atoms with Gasteiger partial charge < -0.3 is 15.7 Å². The highest BCUT2D eigenvalue weighted by atomic mass is 16.3. The fourth-order valence-corrected chi connectivity index (χ4v) is 1.37. The largest absolute Gasteiger partial charge is 0.390 e. The first-order chi connectivity index (χ1) is 7.08. The van der Waals surface area contributed by atoms with Crippen molar-refractivity contribution in [2.75, 3.05) is 32.7 Å². The molecule has 1 saturated heterocycles. The van der Waals surface area contributed by atoms with E-state index in [9.17, 15) is 9.59 Å². The zero-order valence-electron chi connectivity index (χ0n) is 8.82. The molecule has 0 radical (unpaired) electrons. The highest BCUT2D eigenvalue weighted by Gasteiger charge is 2.25. The number of hydrogen-bond acceptors (Lipinski definition) is 4. The summed E-state index contributed by atoms with van der Waals surface area (Å²) < 4.78 is 0. The van der Waals surface area contributed by atoms with Crippen LogP contribution in [-0.4, -0.2) is 60.6 Å². The molecule has 0 aromatic rings. The molecule has 1 fully saturated rings. The number of amides is 2. The number of β-amino-alcohol motifs (C(OH)–C–C–N with tert-alkyl or cyclic N) is 1. The van der Waals surface area contributed by atoms with Crippen LogP contribution in [0.25, 0.3) is 0 Å². The number of hydrogen-bond donors (Lipinski definition) is 3. The summed E-state index contributed by atoms with van der Waals surface area (Å²) in [4.78, 5) is 23.6. The Kier molecular flexibility index (Phi) is 4.51. The van der Waals surface area contributed by atoms with Crippen LogP contribution in [0.15, 0.2) is 0 Å². The van der Waals surface area contributed by atoms with Gasteiger partial charge in [-0.15, -0.1) is 0 Å². The summed E-state index contributed by atoms with van der Waals surface area (Å²) in [6.45, 7) is 3.77. The standard InChI is InChI=1S/C9H17N3O3/c1-7(13)10-2-3-11-9(15)6-12-4-8(14)5-12/h8,14H,2-6H2,1H3,(H,10,13)(H,11,15). The van der Waals surface area contributed by atoms with E-state index in [4.69, 9.17) is 5.11 Å². The Balaban J connectivity index is 1.97. The number of likely N-dealkylation sites (tertiary alicyclic amines) is 1. The molecule has 86 valence electrons. The molecule has 0 aromatic heterocycles. The van der Waals surface area contributed by atoms with Crippen molar-refractivity contribution in [2.24, 2.45) is 0 Å². The first-order valence-electron chi connectivity index (χ1n) is 4.99. The Bertz CT molecular complexity index is 239. The van der Waals surface area contributed by atoms with Gasteiger partial charge in [-0.3, -0.25) is 14.5 Å². The molecule has 0 aliphatic carbocycles. The molecule has 1 aliphatic heterocycles. The van der Waals surface area contributed by atoms with E-state index in [0.29, 0.717) is 32.7 Å². The van der Waals surface area contributed by atoms with Crippen LogP contribution < -0.4 is 10.6 Å². The maximum atomic E-state index is 11.3. The van der Waals surface area contributed by atoms with Crippen molar-refractivity contribution in [3.63, 3.8) is 0 Å². The van der Waals surface area contributed by atoms with Gasteiger partial charge in [0.05, 0.1) is 12.6 Å². The molecule has 2 amide bonds. The van der Waals surface area contributed by atoms with E-state index in [0.717, 1.165) is 0 Å². The predicted molar refractivity (Wildman–Crippen MR) is 54.1 cm³/mol. The van der Waals surface area contributed by atoms with Gasteiger partial charge in [-0.1, -0.05) is 0 Å². The Labute approximate surface area is 88.6 Å². The summed E-state index contributed by atoms with van der Waals surface area (Å²) in [5.74, 6) is -0.178. The quantitative estimate of drug-likeness (QED) is 0.460. The van der Waals surface area contributed by atoms with Crippen molar-refractivity contribution in [1.82, 2.24) is 15.5 Å². The minimum Gasteiger partial charge on any atom is -0.390 e. The molecule has 0 saturated carbocycles. The maximum absolute atomic E-state index is 11.3. The predicted octanol–water partition coefficient (Wildman–Crippen LogP) is -2.08. The molecule has 1 aliphatic rings. The number of nitrogens with zero attached hydrogens (tertiary/aromatic N) is 1. The van der Waals surface area contributed by atoms with Crippen molar-refractivity contribution in [3.05, 3.63) is 0 Å². The van der Waals surface area contributed by atoms with Gasteiger partial charge in [0.2, 0.25) is 11.8 Å². The number of aliphatic hydroxyl groups excluding tert-OH is 1. The van der Waals surface area contributed by atoms with Crippen molar-refractivity contribution in [3.8, 4) is 0 Å². The van der Waals surface area contributed by atoms with E-state index in [1.165, 1.54) is 6.92 Å². The maximum Gasteiger partial charge on any atom is 0.234 e. The lowest BCUT2D eigenvalue weighted by atomic mass is 10.2. The summed E-state index contributed by atoms with van der Waals surface area (Å²) >= 11 is 0. The van der Waals surface area contributed by atoms with Crippen LogP contribution in [0.1, 0.15) is 6.92 Å². The minimum absolute atomic E-state index is 0.0766. The molecule has 0 atom stereocenters. The second kappa shape index (κ2) is 5.67. The minimum atomic E-state index is -0.280. The first-order valence-corrected chi connectivity index (χ1v) is 4.99. The number of carbonyl (C=O) groups excluding carboxylic acids is 2. The van der Waals surface area contributed by atoms with Crippen LogP contribution in [0.5, 0.6) is 0 Å². The van der Waals surface area contributed by atoms with Gasteiger partial charge in [-0.2, -0.15) is 0 Å². The fourth-order valence-electron chi connectivity index (χ4n) is 1.37. The van der Waals surface area contributed by atoms with Gasteiger partial charge in [0.1, 0.15) is 0 Å². The molecule has 1 heterocycles. The normalized spacial score (nSPS) is 16.9. The van der Waals surface area contributed by atoms with Crippen LogP contribution in [0.4, 0.5) is 0 Å². The Morgan fingerprint density at radius 3 is 2.47 bits per heavy atom. The lowest BCUT2D eigenvalue weighted by Gasteiger charge is -2.34. The summed E-state index contributed by atoms with van der Waals surface area (Å²) in [6, 6.07) is 0. The van der Waals surface area contributed by atoms with Crippen LogP contribution in [-0.2, 0) is 9.59 Å². The smallest absolute Gasteiger partial charge is 0.234 e. The van der Waals surface area contributed by atoms with E-state index < -0.39 is 0 Å². The van der Waals surface area contributed by atoms with Crippen LogP contribution in [0.2, 0.25) is 0 Å². The van der Waals surface area contributed by atoms with Gasteiger partial charge >= 0.3 is 0 Å². The molecule has 1 rings (SSSR count). The van der Waals surface area contributed by atoms with Gasteiger partial charge in [0.25, 0.3) is 0 Å². The summed E-state index contributed by atoms with van der Waals surface area (Å²) in [5, 5.41) is 14.2. The van der Waals surface area contributed by atoms with Crippen molar-refractivity contribution in [2.45, 2.75) is 13.0 Å². The van der Waals surface area contributed by atoms with Gasteiger partial charge in [-0.05, 0) is 0 Å². The molecule has 6 heteroatoms. The number of nitrogens with one attached hydrogen (secondary N) is 2. The summed E-state index contributed by atoms with van der Waals surface area (Å²) in [6.07, 6.45) is -0.280. The third-order valence-corrected chi connectivity index (χ3v) is 2.13. The van der Waals surface area contributed by atoms with Crippen LogP contribution >= 0.6 is 0 Å². The van der Waals surface area contributed by atoms with Gasteiger partial charge in [-0.25, -0.2) is 0 Å². The highest BCUT2D eigenvalue weighted by Crippen LogP contribution is 2.05. The first kappa shape index (κ1) is 11.9. The van der Waals surface area contributed by atoms with E-state index in [1.54, 1.807) is 0 Å². The molecular formula is C9H17N3O3. The van der Waals surface area contributed by atoms with Crippen molar-refractivity contribution >= 4 is 11.8 Å². The number of carbonyl (C=O) groups is 2. The topological polar surface area (TPSA) is 81.7 Å². The van der Waals surface area contributed by atoms with Crippen molar-refractivity contribution in [1.29, 1.82) is 0 Å². The monoisotopic (exact) mass is 215 g/mol. The van der Waals surface area contributed by atoms with E-state index >= 15 is 0 Å². The lowest BCUT2D eigenvalue weighted by Crippen LogP contribution is -2.54. The Morgan fingerprint density at radius 1 is 1.33 bits per heavy atom. The zero-order valence-corrected chi connectivity index (χ0v) is 8.82. The number of aliphatic hydroxyl groups is 1. The Morgan fingerprint density at radius 2 is 1.93 bits per heavy atom. The third-order valence-electron chi connectivity index (χ3n) is 2.13. The average molecular weight is 215 g/mol. The molecule has 3 N–H and O–H groups in total. The van der Waals surface area contributed by atoms with E-state index in [-0.39, 0.29) is 17.9 Å². The van der Waals surface area contributed by atoms with Gasteiger partial charge in [0.15, 0.2) is 0 Å². The second-order valence-corrected chi connectivity index (χ2v) is 3.68. The highest BCUT2D eigenvalue weighted by molar-refractivity contribution is 5.78. The molecule has 6 nitrogen and oxygen atoms in total. The third kappa shape index (κ3) is 4.75. The summed E-state index contributed by atoms with van der Waals surface area (Å²) in [7, 11) is 0. The van der Waals surface area contributed by atoms with Crippen molar-refractivity contribution < 1.29 is 14.7 Å². The second-order valence-electron chi connectivity index (χ2n) is 3.68. The Hall–Kier alpha value is -1.14. The van der Waals surface area contributed by atoms with E-state index in [2.05, 4.69) is 10.6 Å². The SMILES string of the molecule is CC(=O)NCCNC(=O)CN1CC(O)C1. The molecule has 0 spiro atoms. The fraction of sp³-hybridized carbons (Fsp3) is 0.778. The van der Waals surface area contributed by atoms with E-state index in [1.807, 2.05) is 4.90 Å². The lowest BCUT2D eigenvalue weighted by molar-refractivity contribution is -0.125. The molecule has 15 heavy (non-hydrogen) atoms. The average Bonchev–Trinajstić information content (AvgIpc) is 2.10. The summed E-state index contributed by atoms with van der Waals surface area (Å²) in [5.41, 5.74) is 0. The van der Waals surface area contributed by atoms with Crippen LogP contribution in [0, 0.1) is 0 Å². The molecule has 0 aromatic carbocycles. The molecule has 0 unspecified atom stereocenters. The van der Waals surface area contributed by atoms with Gasteiger partial charge in [0, 0.05) is 33.1 Å². The molecule has 0 bridgehead atoms. The van der Waals surface area contributed by atoms with Crippen LogP contribution in [0.3, 0.4) is 0 Å².